The van der Waals surface area contributed by atoms with Gasteiger partial charge in [-0.15, -0.1) is 0 Å². The number of likely N-dealkylation sites (tertiary alicyclic amines) is 2. The van der Waals surface area contributed by atoms with Crippen LogP contribution in [0.3, 0.4) is 0 Å². The summed E-state index contributed by atoms with van der Waals surface area (Å²) in [5, 5.41) is 0. The lowest BCUT2D eigenvalue weighted by atomic mass is 9.76. The minimum absolute atomic E-state index is 0.193. The van der Waals surface area contributed by atoms with Crippen molar-refractivity contribution >= 4 is 12.2 Å². The first-order valence-corrected chi connectivity index (χ1v) is 9.88. The molecule has 2 amide bonds. The molecule has 2 aliphatic rings. The Morgan fingerprint density at radius 2 is 1.82 bits per heavy atom. The lowest BCUT2D eigenvalue weighted by molar-refractivity contribution is 0.00351. The molecular formula is C21H31N3O4. The molecule has 1 aromatic carbocycles. The molecule has 1 spiro atoms. The van der Waals surface area contributed by atoms with Crippen molar-refractivity contribution in [2.75, 3.05) is 26.2 Å². The maximum absolute atomic E-state index is 12.5. The van der Waals surface area contributed by atoms with Gasteiger partial charge in [0.2, 0.25) is 0 Å². The highest BCUT2D eigenvalue weighted by Crippen LogP contribution is 2.39. The predicted molar refractivity (Wildman–Crippen MR) is 106 cm³/mol. The van der Waals surface area contributed by atoms with Crippen molar-refractivity contribution in [1.29, 1.82) is 0 Å². The molecule has 2 fully saturated rings. The molecule has 7 nitrogen and oxygen atoms in total. The van der Waals surface area contributed by atoms with Crippen LogP contribution in [0.1, 0.15) is 39.2 Å². The van der Waals surface area contributed by atoms with Gasteiger partial charge >= 0.3 is 12.2 Å². The van der Waals surface area contributed by atoms with E-state index in [1.54, 1.807) is 9.80 Å². The van der Waals surface area contributed by atoms with Crippen LogP contribution in [0.15, 0.2) is 30.3 Å². The van der Waals surface area contributed by atoms with E-state index in [4.69, 9.17) is 15.2 Å². The summed E-state index contributed by atoms with van der Waals surface area (Å²) in [7, 11) is 0. The van der Waals surface area contributed by atoms with E-state index in [0.717, 1.165) is 18.4 Å². The zero-order valence-corrected chi connectivity index (χ0v) is 17.0. The van der Waals surface area contributed by atoms with Gasteiger partial charge in [-0.1, -0.05) is 30.3 Å². The van der Waals surface area contributed by atoms with Crippen LogP contribution in [0.5, 0.6) is 0 Å². The number of nitrogens with two attached hydrogens (primary N) is 1. The molecule has 2 N–H and O–H groups in total. The molecule has 0 aromatic heterocycles. The zero-order chi connectivity index (χ0) is 20.4. The summed E-state index contributed by atoms with van der Waals surface area (Å²) in [5.74, 6) is 0. The molecule has 0 bridgehead atoms. The number of amides is 2. The molecule has 1 aromatic rings. The van der Waals surface area contributed by atoms with E-state index in [0.29, 0.717) is 26.2 Å². The fraction of sp³-hybridized carbons (Fsp3) is 0.619. The minimum atomic E-state index is -0.535. The summed E-state index contributed by atoms with van der Waals surface area (Å²) in [6.45, 7) is 7.91. The first-order chi connectivity index (χ1) is 13.2. The number of ether oxygens (including phenoxy) is 2. The van der Waals surface area contributed by atoms with Crippen LogP contribution in [0.25, 0.3) is 0 Å². The number of piperidine rings is 1. The summed E-state index contributed by atoms with van der Waals surface area (Å²) in [6, 6.07) is 9.40. The molecule has 0 saturated carbocycles. The Bertz CT molecular complexity index is 703. The van der Waals surface area contributed by atoms with Crippen LogP contribution in [-0.2, 0) is 16.1 Å². The molecule has 154 valence electrons. The Labute approximate surface area is 166 Å². The van der Waals surface area contributed by atoms with E-state index in [-0.39, 0.29) is 30.3 Å². The molecule has 28 heavy (non-hydrogen) atoms. The van der Waals surface area contributed by atoms with Crippen molar-refractivity contribution in [1.82, 2.24) is 9.80 Å². The molecule has 2 heterocycles. The highest BCUT2D eigenvalue weighted by atomic mass is 16.6. The quantitative estimate of drug-likeness (QED) is 0.840. The molecule has 7 heteroatoms. The average molecular weight is 389 g/mol. The Morgan fingerprint density at radius 1 is 1.14 bits per heavy atom. The maximum atomic E-state index is 12.5. The smallest absolute Gasteiger partial charge is 0.410 e. The molecule has 2 unspecified atom stereocenters. The third-order valence-corrected chi connectivity index (χ3v) is 5.43. The number of hydrogen-bond donors (Lipinski definition) is 1. The van der Waals surface area contributed by atoms with Gasteiger partial charge in [-0.05, 0) is 39.2 Å². The van der Waals surface area contributed by atoms with Crippen LogP contribution >= 0.6 is 0 Å². The summed E-state index contributed by atoms with van der Waals surface area (Å²) < 4.78 is 11.0. The molecule has 2 saturated heterocycles. The monoisotopic (exact) mass is 389 g/mol. The normalized spacial score (nSPS) is 25.1. The van der Waals surface area contributed by atoms with E-state index in [1.807, 2.05) is 51.1 Å². The average Bonchev–Trinajstić information content (AvgIpc) is 2.95. The van der Waals surface area contributed by atoms with Gasteiger partial charge in [-0.25, -0.2) is 9.59 Å². The summed E-state index contributed by atoms with van der Waals surface area (Å²) in [6.07, 6.45) is 1.06. The molecule has 2 atom stereocenters. The van der Waals surface area contributed by atoms with Crippen LogP contribution < -0.4 is 5.73 Å². The van der Waals surface area contributed by atoms with Gasteiger partial charge in [-0.3, -0.25) is 0 Å². The van der Waals surface area contributed by atoms with Crippen molar-refractivity contribution in [2.24, 2.45) is 11.1 Å². The van der Waals surface area contributed by atoms with Crippen LogP contribution in [0.4, 0.5) is 9.59 Å². The lowest BCUT2D eigenvalue weighted by Crippen LogP contribution is -2.54. The van der Waals surface area contributed by atoms with Crippen molar-refractivity contribution in [3.8, 4) is 0 Å². The highest BCUT2D eigenvalue weighted by Gasteiger charge is 2.50. The standard InChI is InChI=1S/C21H31N3O4/c1-20(2,3)28-19(26)23-11-7-10-21(14-23)15-24(12-17(21)22)18(25)27-13-16-8-5-4-6-9-16/h4-6,8-9,17H,7,10-15,22H2,1-3H3. The number of carbonyl (C=O) groups is 2. The van der Waals surface area contributed by atoms with Gasteiger partial charge in [0.1, 0.15) is 12.2 Å². The van der Waals surface area contributed by atoms with Crippen molar-refractivity contribution < 1.29 is 19.1 Å². The topological polar surface area (TPSA) is 85.1 Å². The van der Waals surface area contributed by atoms with E-state index in [2.05, 4.69) is 0 Å². The Morgan fingerprint density at radius 3 is 2.50 bits per heavy atom. The number of nitrogens with zero attached hydrogens (tertiary/aromatic N) is 2. The van der Waals surface area contributed by atoms with Crippen LogP contribution in [0.2, 0.25) is 0 Å². The Balaban J connectivity index is 1.60. The number of rotatable bonds is 2. The Hall–Kier alpha value is -2.28. The maximum Gasteiger partial charge on any atom is 0.410 e. The van der Waals surface area contributed by atoms with Gasteiger partial charge < -0.3 is 25.0 Å². The SMILES string of the molecule is CC(C)(C)OC(=O)N1CCCC2(CN(C(=O)OCc3ccccc3)CC2N)C1. The van der Waals surface area contributed by atoms with E-state index in [1.165, 1.54) is 0 Å². The summed E-state index contributed by atoms with van der Waals surface area (Å²) >= 11 is 0. The zero-order valence-electron chi connectivity index (χ0n) is 17.0. The molecule has 0 aliphatic carbocycles. The van der Waals surface area contributed by atoms with E-state index < -0.39 is 5.60 Å². The van der Waals surface area contributed by atoms with Gasteiger partial charge in [0.25, 0.3) is 0 Å². The number of hydrogen-bond acceptors (Lipinski definition) is 5. The van der Waals surface area contributed by atoms with E-state index >= 15 is 0 Å². The minimum Gasteiger partial charge on any atom is -0.445 e. The third-order valence-electron chi connectivity index (χ3n) is 5.43. The highest BCUT2D eigenvalue weighted by molar-refractivity contribution is 5.69. The number of carbonyl (C=O) groups excluding carboxylic acids is 2. The molecule has 0 radical (unpaired) electrons. The van der Waals surface area contributed by atoms with Crippen molar-refractivity contribution in [3.05, 3.63) is 35.9 Å². The van der Waals surface area contributed by atoms with Gasteiger partial charge in [0.05, 0.1) is 0 Å². The van der Waals surface area contributed by atoms with Crippen molar-refractivity contribution in [3.63, 3.8) is 0 Å². The molecular weight excluding hydrogens is 358 g/mol. The fourth-order valence-electron chi connectivity index (χ4n) is 4.02. The lowest BCUT2D eigenvalue weighted by Gasteiger charge is -2.42. The first kappa shape index (κ1) is 20.5. The van der Waals surface area contributed by atoms with E-state index in [9.17, 15) is 9.59 Å². The Kier molecular flexibility index (Phi) is 5.84. The van der Waals surface area contributed by atoms with Gasteiger partial charge in [0, 0.05) is 37.6 Å². The summed E-state index contributed by atoms with van der Waals surface area (Å²) in [5.41, 5.74) is 6.55. The van der Waals surface area contributed by atoms with Gasteiger partial charge in [-0.2, -0.15) is 0 Å². The van der Waals surface area contributed by atoms with Gasteiger partial charge in [0.15, 0.2) is 0 Å². The van der Waals surface area contributed by atoms with Crippen molar-refractivity contribution in [2.45, 2.75) is 51.9 Å². The second-order valence-electron chi connectivity index (χ2n) is 8.90. The van der Waals surface area contributed by atoms with Crippen LogP contribution in [-0.4, -0.2) is 59.8 Å². The molecule has 3 rings (SSSR count). The second kappa shape index (κ2) is 7.99. The fourth-order valence-corrected chi connectivity index (χ4v) is 4.02. The first-order valence-electron chi connectivity index (χ1n) is 9.88. The largest absolute Gasteiger partial charge is 0.445 e. The molecule has 2 aliphatic heterocycles. The number of benzene rings is 1. The summed E-state index contributed by atoms with van der Waals surface area (Å²) in [4.78, 5) is 28.4. The third kappa shape index (κ3) is 4.76. The predicted octanol–water partition coefficient (Wildman–Crippen LogP) is 2.98. The second-order valence-corrected chi connectivity index (χ2v) is 8.90. The van der Waals surface area contributed by atoms with Crippen LogP contribution in [0, 0.1) is 5.41 Å².